The number of nitrogens with one attached hydrogen (secondary N) is 3. The predicted octanol–water partition coefficient (Wildman–Crippen LogP) is 2.40. The SMILES string of the molecule is COc1c(C)cccc1Nc1c(-c2ccnc(N)n2)[nH]c2c1C(=O)NCC2. The van der Waals surface area contributed by atoms with Crippen molar-refractivity contribution in [3.63, 3.8) is 0 Å². The van der Waals surface area contributed by atoms with E-state index in [2.05, 4.69) is 25.6 Å². The van der Waals surface area contributed by atoms with Crippen LogP contribution in [0, 0.1) is 6.92 Å². The number of ether oxygens (including phenoxy) is 1. The van der Waals surface area contributed by atoms with E-state index in [1.54, 1.807) is 19.4 Å². The van der Waals surface area contributed by atoms with Crippen molar-refractivity contribution in [3.05, 3.63) is 47.3 Å². The fourth-order valence-corrected chi connectivity index (χ4v) is 3.37. The predicted molar refractivity (Wildman–Crippen MR) is 103 cm³/mol. The lowest BCUT2D eigenvalue weighted by molar-refractivity contribution is 0.0947. The molecule has 0 saturated carbocycles. The van der Waals surface area contributed by atoms with Crippen LogP contribution < -0.4 is 21.1 Å². The molecule has 2 aromatic heterocycles. The summed E-state index contributed by atoms with van der Waals surface area (Å²) in [6.07, 6.45) is 2.30. The van der Waals surface area contributed by atoms with Gasteiger partial charge in [-0.15, -0.1) is 0 Å². The topological polar surface area (TPSA) is 118 Å². The van der Waals surface area contributed by atoms with E-state index in [4.69, 9.17) is 10.5 Å². The summed E-state index contributed by atoms with van der Waals surface area (Å²) in [6, 6.07) is 7.56. The number of nitrogen functional groups attached to an aromatic ring is 1. The summed E-state index contributed by atoms with van der Waals surface area (Å²) in [5, 5.41) is 6.26. The minimum Gasteiger partial charge on any atom is -0.494 e. The highest BCUT2D eigenvalue weighted by Gasteiger charge is 2.28. The first-order valence-corrected chi connectivity index (χ1v) is 8.61. The lowest BCUT2D eigenvalue weighted by Crippen LogP contribution is -2.31. The Kier molecular flexibility index (Phi) is 4.15. The Morgan fingerprint density at radius 2 is 2.15 bits per heavy atom. The van der Waals surface area contributed by atoms with Crippen molar-refractivity contribution >= 4 is 23.2 Å². The summed E-state index contributed by atoms with van der Waals surface area (Å²) >= 11 is 0. The molecule has 138 valence electrons. The molecule has 3 aromatic rings. The highest BCUT2D eigenvalue weighted by atomic mass is 16.5. The van der Waals surface area contributed by atoms with Crippen LogP contribution in [0.2, 0.25) is 0 Å². The van der Waals surface area contributed by atoms with Crippen molar-refractivity contribution in [3.8, 4) is 17.1 Å². The number of carbonyl (C=O) groups excluding carboxylic acids is 1. The van der Waals surface area contributed by atoms with Crippen molar-refractivity contribution in [1.29, 1.82) is 0 Å². The molecule has 0 atom stereocenters. The molecule has 5 N–H and O–H groups in total. The zero-order valence-corrected chi connectivity index (χ0v) is 15.1. The number of rotatable bonds is 4. The second-order valence-electron chi connectivity index (χ2n) is 6.32. The fraction of sp³-hybridized carbons (Fsp3) is 0.211. The Bertz CT molecular complexity index is 1030. The van der Waals surface area contributed by atoms with Gasteiger partial charge in [0, 0.05) is 24.9 Å². The first-order chi connectivity index (χ1) is 13.1. The molecule has 1 amide bonds. The van der Waals surface area contributed by atoms with Crippen LogP contribution in [0.3, 0.4) is 0 Å². The Balaban J connectivity index is 1.90. The van der Waals surface area contributed by atoms with Crippen molar-refractivity contribution < 1.29 is 9.53 Å². The van der Waals surface area contributed by atoms with E-state index < -0.39 is 0 Å². The Hall–Kier alpha value is -3.55. The van der Waals surface area contributed by atoms with Gasteiger partial charge < -0.3 is 26.1 Å². The zero-order valence-electron chi connectivity index (χ0n) is 15.1. The van der Waals surface area contributed by atoms with Gasteiger partial charge in [0.1, 0.15) is 5.75 Å². The quantitative estimate of drug-likeness (QED) is 0.565. The number of aryl methyl sites for hydroxylation is 1. The van der Waals surface area contributed by atoms with Crippen LogP contribution in [-0.4, -0.2) is 34.5 Å². The number of benzene rings is 1. The summed E-state index contributed by atoms with van der Waals surface area (Å²) in [5.74, 6) is 0.760. The van der Waals surface area contributed by atoms with Gasteiger partial charge >= 0.3 is 0 Å². The van der Waals surface area contributed by atoms with E-state index in [0.29, 0.717) is 35.6 Å². The van der Waals surface area contributed by atoms with Gasteiger partial charge in [-0.3, -0.25) is 4.79 Å². The third kappa shape index (κ3) is 2.95. The summed E-state index contributed by atoms with van der Waals surface area (Å²) in [4.78, 5) is 24.2. The molecule has 1 aliphatic rings. The van der Waals surface area contributed by atoms with Gasteiger partial charge in [0.05, 0.1) is 35.4 Å². The Labute approximate surface area is 156 Å². The standard InChI is InChI=1S/C19H20N6O2/c1-10-4-3-5-13(17(10)27-2)24-16-14-11(6-8-21-18(14)26)23-15(16)12-7-9-22-19(20)25-12/h3-5,7,9,23-24H,6,8H2,1-2H3,(H,21,26)(H2,20,22,25). The second kappa shape index (κ2) is 6.64. The molecule has 1 aliphatic heterocycles. The number of nitrogens with zero attached hydrogens (tertiary/aromatic N) is 2. The van der Waals surface area contributed by atoms with Crippen LogP contribution in [0.25, 0.3) is 11.4 Å². The zero-order chi connectivity index (χ0) is 19.0. The van der Waals surface area contributed by atoms with Gasteiger partial charge in [0.15, 0.2) is 0 Å². The van der Waals surface area contributed by atoms with E-state index in [0.717, 1.165) is 22.7 Å². The molecule has 0 fully saturated rings. The van der Waals surface area contributed by atoms with E-state index >= 15 is 0 Å². The molecule has 0 spiro atoms. The molecule has 4 rings (SSSR count). The molecule has 1 aromatic carbocycles. The van der Waals surface area contributed by atoms with Crippen molar-refractivity contribution in [2.24, 2.45) is 0 Å². The first kappa shape index (κ1) is 16.9. The van der Waals surface area contributed by atoms with Gasteiger partial charge in [0.25, 0.3) is 5.91 Å². The number of nitrogens with two attached hydrogens (primary N) is 1. The van der Waals surface area contributed by atoms with E-state index in [-0.39, 0.29) is 11.9 Å². The van der Waals surface area contributed by atoms with E-state index in [9.17, 15) is 4.79 Å². The highest BCUT2D eigenvalue weighted by Crippen LogP contribution is 2.39. The first-order valence-electron chi connectivity index (χ1n) is 8.61. The molecule has 0 bridgehead atoms. The van der Waals surface area contributed by atoms with Gasteiger partial charge in [0.2, 0.25) is 5.95 Å². The number of amides is 1. The molecule has 8 nitrogen and oxygen atoms in total. The normalized spacial score (nSPS) is 13.0. The molecule has 8 heteroatoms. The Morgan fingerprint density at radius 3 is 2.93 bits per heavy atom. The number of aromatic amines is 1. The summed E-state index contributed by atoms with van der Waals surface area (Å²) in [5.41, 5.74) is 10.9. The maximum Gasteiger partial charge on any atom is 0.255 e. The minimum atomic E-state index is -0.130. The summed E-state index contributed by atoms with van der Waals surface area (Å²) in [7, 11) is 1.62. The third-order valence-electron chi connectivity index (χ3n) is 4.57. The minimum absolute atomic E-state index is 0.130. The third-order valence-corrected chi connectivity index (χ3v) is 4.57. The monoisotopic (exact) mass is 364 g/mol. The molecule has 3 heterocycles. The van der Waals surface area contributed by atoms with Crippen LogP contribution in [0.15, 0.2) is 30.5 Å². The number of H-pyrrole nitrogens is 1. The number of methoxy groups -OCH3 is 1. The molecular weight excluding hydrogens is 344 g/mol. The molecular formula is C19H20N6O2. The lowest BCUT2D eigenvalue weighted by atomic mass is 10.1. The van der Waals surface area contributed by atoms with Crippen LogP contribution in [0.1, 0.15) is 21.6 Å². The number of aromatic nitrogens is 3. The average Bonchev–Trinajstić information content (AvgIpc) is 3.02. The van der Waals surface area contributed by atoms with Crippen LogP contribution in [0.5, 0.6) is 5.75 Å². The van der Waals surface area contributed by atoms with Crippen molar-refractivity contribution in [2.75, 3.05) is 24.7 Å². The van der Waals surface area contributed by atoms with E-state index in [1.165, 1.54) is 0 Å². The van der Waals surface area contributed by atoms with Gasteiger partial charge in [-0.25, -0.2) is 9.97 Å². The van der Waals surface area contributed by atoms with Crippen LogP contribution in [0.4, 0.5) is 17.3 Å². The van der Waals surface area contributed by atoms with E-state index in [1.807, 2.05) is 25.1 Å². The highest BCUT2D eigenvalue weighted by molar-refractivity contribution is 6.06. The van der Waals surface area contributed by atoms with Gasteiger partial charge in [-0.2, -0.15) is 0 Å². The van der Waals surface area contributed by atoms with Crippen molar-refractivity contribution in [1.82, 2.24) is 20.3 Å². The Morgan fingerprint density at radius 1 is 1.30 bits per heavy atom. The smallest absolute Gasteiger partial charge is 0.255 e. The number of carbonyl (C=O) groups is 1. The molecule has 0 saturated heterocycles. The van der Waals surface area contributed by atoms with Crippen molar-refractivity contribution in [2.45, 2.75) is 13.3 Å². The molecule has 27 heavy (non-hydrogen) atoms. The lowest BCUT2D eigenvalue weighted by Gasteiger charge is -2.17. The fourth-order valence-electron chi connectivity index (χ4n) is 3.37. The summed E-state index contributed by atoms with van der Waals surface area (Å²) < 4.78 is 5.54. The average molecular weight is 364 g/mol. The largest absolute Gasteiger partial charge is 0.494 e. The molecule has 0 radical (unpaired) electrons. The number of para-hydroxylation sites is 1. The number of fused-ring (bicyclic) bond motifs is 1. The van der Waals surface area contributed by atoms with Gasteiger partial charge in [-0.05, 0) is 24.6 Å². The number of hydrogen-bond acceptors (Lipinski definition) is 6. The number of hydrogen-bond donors (Lipinski definition) is 4. The van der Waals surface area contributed by atoms with Crippen LogP contribution >= 0.6 is 0 Å². The number of anilines is 3. The van der Waals surface area contributed by atoms with Crippen LogP contribution in [-0.2, 0) is 6.42 Å². The molecule has 0 unspecified atom stereocenters. The second-order valence-corrected chi connectivity index (χ2v) is 6.32. The maximum atomic E-state index is 12.6. The maximum absolute atomic E-state index is 12.6. The van der Waals surface area contributed by atoms with Gasteiger partial charge in [-0.1, -0.05) is 12.1 Å². The molecule has 0 aliphatic carbocycles. The summed E-state index contributed by atoms with van der Waals surface area (Å²) in [6.45, 7) is 2.56.